The monoisotopic (exact) mass is 917 g/mol. The standard InChI is InChI=1S/C48H80N4O11Si/c1-14-34-22-28(2)21-29(3)23-40(59-10)43-41(60-11)25-31(5)48(58,62-43)44(55)45(56)52-20-16-15-17-36(52)46(57)61-42(30(4)24-33-18-19-35(50-51-49)38(54)26-33)32(6)39(27-37(34)53)63-64(12,13)47(7,8)9/h22,24,29,31-36,38-43,54,58H,14-21,23,25-27H2,1-13H3. The first-order valence-corrected chi connectivity index (χ1v) is 26.6. The Morgan fingerprint density at radius 2 is 1.67 bits per heavy atom. The van der Waals surface area contributed by atoms with Crippen LogP contribution in [0.1, 0.15) is 133 Å². The number of carbonyl (C=O) groups is 4. The number of esters is 1. The molecule has 362 valence electrons. The second-order valence-electron chi connectivity index (χ2n) is 21.0. The Kier molecular flexibility index (Phi) is 19.0. The maximum absolute atomic E-state index is 14.8. The van der Waals surface area contributed by atoms with E-state index in [0.717, 1.165) is 5.57 Å². The summed E-state index contributed by atoms with van der Waals surface area (Å²) in [5, 5.41) is 26.7. The molecule has 0 aromatic carbocycles. The van der Waals surface area contributed by atoms with Gasteiger partial charge in [0.2, 0.25) is 5.79 Å². The van der Waals surface area contributed by atoms with E-state index in [1.54, 1.807) is 21.1 Å². The molecule has 64 heavy (non-hydrogen) atoms. The fraction of sp³-hybridized carbons (Fsp3) is 0.833. The molecule has 0 aromatic heterocycles. The summed E-state index contributed by atoms with van der Waals surface area (Å²) in [5.41, 5.74) is 10.8. The highest BCUT2D eigenvalue weighted by atomic mass is 28.4. The van der Waals surface area contributed by atoms with Crippen molar-refractivity contribution in [3.63, 3.8) is 0 Å². The number of cyclic esters (lactones) is 1. The van der Waals surface area contributed by atoms with Gasteiger partial charge in [0.1, 0.15) is 24.0 Å². The summed E-state index contributed by atoms with van der Waals surface area (Å²) in [4.78, 5) is 62.4. The molecule has 1 saturated carbocycles. The summed E-state index contributed by atoms with van der Waals surface area (Å²) in [7, 11) is 0.536. The van der Waals surface area contributed by atoms with Crippen LogP contribution >= 0.6 is 0 Å². The second kappa shape index (κ2) is 22.7. The number of ketones is 2. The van der Waals surface area contributed by atoms with E-state index < -0.39 is 98.2 Å². The molecule has 3 heterocycles. The fourth-order valence-corrected chi connectivity index (χ4v) is 11.5. The lowest BCUT2D eigenvalue weighted by molar-refractivity contribution is -0.302. The summed E-state index contributed by atoms with van der Waals surface area (Å²) >= 11 is 0. The van der Waals surface area contributed by atoms with E-state index in [1.165, 1.54) is 4.90 Å². The van der Waals surface area contributed by atoms with Crippen molar-refractivity contribution in [1.82, 2.24) is 4.90 Å². The van der Waals surface area contributed by atoms with Crippen LogP contribution in [-0.2, 0) is 42.6 Å². The largest absolute Gasteiger partial charge is 0.456 e. The van der Waals surface area contributed by atoms with Gasteiger partial charge in [-0.1, -0.05) is 71.3 Å². The first-order chi connectivity index (χ1) is 29.9. The van der Waals surface area contributed by atoms with E-state index >= 15 is 0 Å². The molecule has 3 fully saturated rings. The van der Waals surface area contributed by atoms with E-state index in [0.29, 0.717) is 56.9 Å². The van der Waals surface area contributed by atoms with Crippen molar-refractivity contribution in [3.05, 3.63) is 33.7 Å². The molecule has 2 bridgehead atoms. The number of hydrogen-bond acceptors (Lipinski definition) is 12. The molecule has 2 N–H and O–H groups in total. The lowest BCUT2D eigenvalue weighted by Crippen LogP contribution is -2.64. The van der Waals surface area contributed by atoms with E-state index in [2.05, 4.69) is 56.9 Å². The smallest absolute Gasteiger partial charge is 0.329 e. The Bertz CT molecular complexity index is 1760. The number of methoxy groups -OCH3 is 2. The molecule has 2 saturated heterocycles. The molecule has 1 amide bonds. The Morgan fingerprint density at radius 1 is 1.02 bits per heavy atom. The average molecular weight is 917 g/mol. The van der Waals surface area contributed by atoms with E-state index in [1.807, 2.05) is 33.8 Å². The predicted octanol–water partition coefficient (Wildman–Crippen LogP) is 8.17. The van der Waals surface area contributed by atoms with Crippen LogP contribution in [0.15, 0.2) is 28.4 Å². The maximum atomic E-state index is 14.8. The molecule has 1 aliphatic carbocycles. The van der Waals surface area contributed by atoms with Crippen molar-refractivity contribution in [2.75, 3.05) is 20.8 Å². The van der Waals surface area contributed by atoms with Crippen molar-refractivity contribution in [2.45, 2.75) is 206 Å². The number of Topliss-reactive ketones (excluding diaryl/α,β-unsaturated/α-hetero) is 2. The van der Waals surface area contributed by atoms with Gasteiger partial charge in [0.15, 0.2) is 8.32 Å². The number of rotatable bonds is 8. The maximum Gasteiger partial charge on any atom is 0.329 e. The van der Waals surface area contributed by atoms with Crippen LogP contribution in [0.4, 0.5) is 0 Å². The van der Waals surface area contributed by atoms with Gasteiger partial charge < -0.3 is 38.5 Å². The first-order valence-electron chi connectivity index (χ1n) is 23.7. The van der Waals surface area contributed by atoms with Gasteiger partial charge in [-0.2, -0.15) is 0 Å². The Balaban J connectivity index is 1.88. The fourth-order valence-electron chi connectivity index (χ4n) is 10.0. The highest BCUT2D eigenvalue weighted by molar-refractivity contribution is 6.74. The van der Waals surface area contributed by atoms with Crippen LogP contribution in [0, 0.1) is 29.6 Å². The molecule has 14 atom stereocenters. The third kappa shape index (κ3) is 12.7. The van der Waals surface area contributed by atoms with E-state index in [-0.39, 0.29) is 48.5 Å². The first kappa shape index (κ1) is 53.7. The highest BCUT2D eigenvalue weighted by Crippen LogP contribution is 2.42. The topological polar surface area (TPSA) is 207 Å². The molecule has 15 nitrogen and oxygen atoms in total. The number of nitrogens with zero attached hydrogens (tertiary/aromatic N) is 4. The summed E-state index contributed by atoms with van der Waals surface area (Å²) in [5.74, 6) is -7.26. The van der Waals surface area contributed by atoms with E-state index in [9.17, 15) is 29.4 Å². The number of fused-ring (bicyclic) bond motifs is 3. The molecule has 4 rings (SSSR count). The molecule has 16 heteroatoms. The van der Waals surface area contributed by atoms with Crippen molar-refractivity contribution < 1.29 is 52.8 Å². The highest BCUT2D eigenvalue weighted by Gasteiger charge is 2.57. The quantitative estimate of drug-likeness (QED) is 0.0452. The van der Waals surface area contributed by atoms with Gasteiger partial charge in [-0.25, -0.2) is 4.79 Å². The minimum absolute atomic E-state index is 0.0198. The van der Waals surface area contributed by atoms with Gasteiger partial charge in [-0.05, 0) is 119 Å². The zero-order valence-electron chi connectivity index (χ0n) is 41.0. The molecule has 14 unspecified atom stereocenters. The number of allylic oxidation sites excluding steroid dienone is 3. The van der Waals surface area contributed by atoms with Gasteiger partial charge in [0.25, 0.3) is 11.7 Å². The summed E-state index contributed by atoms with van der Waals surface area (Å²) in [6, 6.07) is -1.67. The zero-order chi connectivity index (χ0) is 47.9. The van der Waals surface area contributed by atoms with Gasteiger partial charge in [-0.3, -0.25) is 14.4 Å². The number of ether oxygens (including phenoxy) is 4. The van der Waals surface area contributed by atoms with Crippen molar-refractivity contribution in [3.8, 4) is 0 Å². The average Bonchev–Trinajstić information content (AvgIpc) is 3.23. The van der Waals surface area contributed by atoms with Gasteiger partial charge in [0, 0.05) is 49.9 Å². The number of amides is 1. The summed E-state index contributed by atoms with van der Waals surface area (Å²) in [6.07, 6.45) is 4.36. The number of piperidine rings is 1. The summed E-state index contributed by atoms with van der Waals surface area (Å²) < 4.78 is 31.9. The lowest BCUT2D eigenvalue weighted by atomic mass is 9.81. The van der Waals surface area contributed by atoms with Crippen molar-refractivity contribution in [2.24, 2.45) is 34.7 Å². The molecule has 0 spiro atoms. The van der Waals surface area contributed by atoms with E-state index in [4.69, 9.17) is 28.9 Å². The molecule has 3 aliphatic heterocycles. The molecule has 0 aromatic rings. The normalized spacial score (nSPS) is 37.4. The van der Waals surface area contributed by atoms with Gasteiger partial charge in [-0.15, -0.1) is 0 Å². The Hall–Kier alpha value is -2.95. The van der Waals surface area contributed by atoms with Gasteiger partial charge in [0.05, 0.1) is 30.5 Å². The second-order valence-corrected chi connectivity index (χ2v) is 25.8. The number of hydrogen-bond donors (Lipinski definition) is 2. The minimum atomic E-state index is -2.55. The molecular formula is C48H80N4O11Si. The van der Waals surface area contributed by atoms with Crippen LogP contribution in [0.3, 0.4) is 0 Å². The van der Waals surface area contributed by atoms with Crippen LogP contribution < -0.4 is 0 Å². The molecule has 0 radical (unpaired) electrons. The van der Waals surface area contributed by atoms with Crippen LogP contribution in [0.5, 0.6) is 0 Å². The molecule has 4 aliphatic rings. The SMILES string of the molecule is CCC1C=C(C)CC(C)CC(OC)C2OC(O)(C(=O)C(=O)N3CCCCC3C(=O)OC(C(C)=CC3CCC(N=[N+]=[N-])C(O)C3)C(C)C(O[Si](C)(C)C(C)(C)C)CC1=O)C(C)CC2OC. The van der Waals surface area contributed by atoms with Crippen LogP contribution in [-0.4, -0.2) is 122 Å². The summed E-state index contributed by atoms with van der Waals surface area (Å²) in [6.45, 7) is 22.3. The third-order valence-electron chi connectivity index (χ3n) is 15.0. The number of aliphatic hydroxyl groups excluding tert-OH is 1. The van der Waals surface area contributed by atoms with Crippen molar-refractivity contribution >= 4 is 31.8 Å². The Labute approximate surface area is 383 Å². The lowest BCUT2D eigenvalue weighted by Gasteiger charge is -2.47. The number of aliphatic hydroxyl groups is 2. The minimum Gasteiger partial charge on any atom is -0.456 e. The van der Waals surface area contributed by atoms with Crippen LogP contribution in [0.25, 0.3) is 10.4 Å². The van der Waals surface area contributed by atoms with Crippen LogP contribution in [0.2, 0.25) is 18.1 Å². The van der Waals surface area contributed by atoms with Gasteiger partial charge >= 0.3 is 5.97 Å². The van der Waals surface area contributed by atoms with Crippen molar-refractivity contribution in [1.29, 1.82) is 0 Å². The molecular weight excluding hydrogens is 837 g/mol. The number of carbonyl (C=O) groups excluding carboxylic acids is 4. The zero-order valence-corrected chi connectivity index (χ0v) is 42.0. The third-order valence-corrected chi connectivity index (χ3v) is 19.5. The number of azide groups is 1. The predicted molar refractivity (Wildman–Crippen MR) is 246 cm³/mol. The Morgan fingerprint density at radius 3 is 2.27 bits per heavy atom.